The maximum Gasteiger partial charge on any atom is 0.181 e. The monoisotopic (exact) mass is 178 g/mol. The van der Waals surface area contributed by atoms with Crippen molar-refractivity contribution in [2.75, 3.05) is 0 Å². The molecule has 0 spiro atoms. The van der Waals surface area contributed by atoms with Crippen LogP contribution in [0.25, 0.3) is 0 Å². The van der Waals surface area contributed by atoms with Crippen molar-refractivity contribution in [2.24, 2.45) is 11.5 Å². The molecule has 0 aliphatic rings. The Morgan fingerprint density at radius 1 is 1.08 bits per heavy atom. The molecule has 0 fully saturated rings. The number of aliphatic hydroxyl groups excluding tert-OH is 3. The van der Waals surface area contributed by atoms with Gasteiger partial charge in [0.1, 0.15) is 12.2 Å². The van der Waals surface area contributed by atoms with E-state index < -0.39 is 18.5 Å². The van der Waals surface area contributed by atoms with Crippen LogP contribution in [0.5, 0.6) is 0 Å². The van der Waals surface area contributed by atoms with Crippen molar-refractivity contribution in [1.82, 2.24) is 0 Å². The van der Waals surface area contributed by atoms with E-state index in [0.717, 1.165) is 0 Å². The molecule has 0 saturated heterocycles. The lowest BCUT2D eigenvalue weighted by molar-refractivity contribution is -0.150. The van der Waals surface area contributed by atoms with Crippen molar-refractivity contribution in [2.45, 2.75) is 25.4 Å². The molecule has 2 unspecified atom stereocenters. The highest BCUT2D eigenvalue weighted by molar-refractivity contribution is 5.11. The average Bonchev–Trinajstić information content (AvgIpc) is 2.00. The van der Waals surface area contributed by atoms with Crippen LogP contribution in [0.15, 0.2) is 11.4 Å². The molecule has 0 heterocycles. The zero-order valence-corrected chi connectivity index (χ0v) is 6.68. The average molecular weight is 178 g/mol. The first-order chi connectivity index (χ1) is 5.37. The molecule has 0 radical (unpaired) electrons. The topological polar surface area (TPSA) is 133 Å². The number of nitrogens with two attached hydrogens (primary N) is 2. The standard InChI is InChI=1S/C6H14N2O4/c1-2(5(7)8)3(9)4(10)6(11)12/h3-4,6,9-12H,7-8H2,1H3. The second-order valence-corrected chi connectivity index (χ2v) is 2.49. The van der Waals surface area contributed by atoms with Gasteiger partial charge in [0.05, 0.1) is 5.82 Å². The summed E-state index contributed by atoms with van der Waals surface area (Å²) < 4.78 is 0. The molecule has 2 atom stereocenters. The minimum absolute atomic E-state index is 0.107. The summed E-state index contributed by atoms with van der Waals surface area (Å²) in [5, 5.41) is 35.0. The van der Waals surface area contributed by atoms with Crippen LogP contribution in [0, 0.1) is 0 Å². The normalized spacial score (nSPS) is 15.8. The van der Waals surface area contributed by atoms with Gasteiger partial charge in [-0.05, 0) is 12.5 Å². The van der Waals surface area contributed by atoms with E-state index in [1.807, 2.05) is 0 Å². The molecule has 0 aromatic rings. The molecule has 72 valence electrons. The van der Waals surface area contributed by atoms with Gasteiger partial charge < -0.3 is 31.9 Å². The van der Waals surface area contributed by atoms with Gasteiger partial charge in [-0.15, -0.1) is 0 Å². The molecule has 6 nitrogen and oxygen atoms in total. The summed E-state index contributed by atoms with van der Waals surface area (Å²) in [6.45, 7) is 1.38. The minimum Gasteiger partial charge on any atom is -0.386 e. The predicted octanol–water partition coefficient (Wildman–Crippen LogP) is -2.83. The molecule has 0 rings (SSSR count). The van der Waals surface area contributed by atoms with Gasteiger partial charge in [0.15, 0.2) is 6.29 Å². The SMILES string of the molecule is CC(=C(N)N)C(O)C(O)C(O)O. The second kappa shape index (κ2) is 4.27. The van der Waals surface area contributed by atoms with E-state index in [9.17, 15) is 0 Å². The van der Waals surface area contributed by atoms with E-state index in [2.05, 4.69) is 0 Å². The third-order valence-corrected chi connectivity index (χ3v) is 1.53. The molecule has 0 saturated carbocycles. The van der Waals surface area contributed by atoms with Crippen molar-refractivity contribution in [3.05, 3.63) is 11.4 Å². The largest absolute Gasteiger partial charge is 0.386 e. The first kappa shape index (κ1) is 11.2. The second-order valence-electron chi connectivity index (χ2n) is 2.49. The molecule has 8 N–H and O–H groups in total. The number of hydrogen-bond donors (Lipinski definition) is 6. The fourth-order valence-corrected chi connectivity index (χ4v) is 0.590. The minimum atomic E-state index is -2.02. The van der Waals surface area contributed by atoms with Crippen LogP contribution in [0.1, 0.15) is 6.92 Å². The maximum absolute atomic E-state index is 9.14. The summed E-state index contributed by atoms with van der Waals surface area (Å²) in [6, 6.07) is 0. The maximum atomic E-state index is 9.14. The van der Waals surface area contributed by atoms with E-state index >= 15 is 0 Å². The molecule has 0 bridgehead atoms. The summed E-state index contributed by atoms with van der Waals surface area (Å²) in [4.78, 5) is 0. The zero-order valence-electron chi connectivity index (χ0n) is 6.68. The Labute approximate surface area is 69.7 Å². The van der Waals surface area contributed by atoms with Gasteiger partial charge in [0.2, 0.25) is 0 Å². The Morgan fingerprint density at radius 3 is 1.75 bits per heavy atom. The Balaban J connectivity index is 4.40. The van der Waals surface area contributed by atoms with Crippen molar-refractivity contribution in [3.63, 3.8) is 0 Å². The molecule has 0 aliphatic carbocycles. The number of aliphatic hydroxyl groups is 4. The van der Waals surface area contributed by atoms with Gasteiger partial charge >= 0.3 is 0 Å². The van der Waals surface area contributed by atoms with Crippen molar-refractivity contribution >= 4 is 0 Å². The van der Waals surface area contributed by atoms with Crippen molar-refractivity contribution in [3.8, 4) is 0 Å². The summed E-state index contributed by atoms with van der Waals surface area (Å²) in [6.07, 6.45) is -5.18. The lowest BCUT2D eigenvalue weighted by Gasteiger charge is -2.20. The Bertz CT molecular complexity index is 176. The van der Waals surface area contributed by atoms with E-state index in [-0.39, 0.29) is 11.4 Å². The quantitative estimate of drug-likeness (QED) is 0.258. The fraction of sp³-hybridized carbons (Fsp3) is 0.667. The molecule has 0 aliphatic heterocycles. The third-order valence-electron chi connectivity index (χ3n) is 1.53. The van der Waals surface area contributed by atoms with Gasteiger partial charge in [-0.3, -0.25) is 0 Å². The smallest absolute Gasteiger partial charge is 0.181 e. The van der Waals surface area contributed by atoms with Gasteiger partial charge in [0, 0.05) is 0 Å². The van der Waals surface area contributed by atoms with Crippen LogP contribution in [0.3, 0.4) is 0 Å². The van der Waals surface area contributed by atoms with Crippen LogP contribution in [0.4, 0.5) is 0 Å². The predicted molar refractivity (Wildman–Crippen MR) is 41.3 cm³/mol. The highest BCUT2D eigenvalue weighted by Crippen LogP contribution is 2.08. The van der Waals surface area contributed by atoms with Crippen LogP contribution >= 0.6 is 0 Å². The highest BCUT2D eigenvalue weighted by Gasteiger charge is 2.24. The third kappa shape index (κ3) is 2.67. The lowest BCUT2D eigenvalue weighted by Crippen LogP contribution is -2.39. The molecule has 6 heteroatoms. The number of hydrogen-bond acceptors (Lipinski definition) is 6. The Kier molecular flexibility index (Phi) is 3.98. The summed E-state index contributed by atoms with van der Waals surface area (Å²) in [5.74, 6) is -0.151. The zero-order chi connectivity index (χ0) is 9.89. The summed E-state index contributed by atoms with van der Waals surface area (Å²) >= 11 is 0. The van der Waals surface area contributed by atoms with Gasteiger partial charge in [0.25, 0.3) is 0 Å². The van der Waals surface area contributed by atoms with E-state index in [1.165, 1.54) is 6.92 Å². The van der Waals surface area contributed by atoms with Gasteiger partial charge in [-0.1, -0.05) is 0 Å². The van der Waals surface area contributed by atoms with Gasteiger partial charge in [-0.2, -0.15) is 0 Å². The fourth-order valence-electron chi connectivity index (χ4n) is 0.590. The van der Waals surface area contributed by atoms with Gasteiger partial charge in [-0.25, -0.2) is 0 Å². The summed E-state index contributed by atoms with van der Waals surface area (Å²) in [7, 11) is 0. The molecular weight excluding hydrogens is 164 g/mol. The lowest BCUT2D eigenvalue weighted by atomic mass is 10.1. The van der Waals surface area contributed by atoms with Crippen LogP contribution in [-0.4, -0.2) is 38.9 Å². The van der Waals surface area contributed by atoms with E-state index in [0.29, 0.717) is 0 Å². The molecule has 12 heavy (non-hydrogen) atoms. The molecule has 0 aromatic heterocycles. The first-order valence-electron chi connectivity index (χ1n) is 3.32. The van der Waals surface area contributed by atoms with Crippen molar-refractivity contribution in [1.29, 1.82) is 0 Å². The Morgan fingerprint density at radius 2 is 1.50 bits per heavy atom. The van der Waals surface area contributed by atoms with E-state index in [4.69, 9.17) is 31.9 Å². The molecule has 0 aromatic carbocycles. The van der Waals surface area contributed by atoms with Crippen LogP contribution in [0.2, 0.25) is 0 Å². The molecule has 0 amide bonds. The van der Waals surface area contributed by atoms with E-state index in [1.54, 1.807) is 0 Å². The number of rotatable bonds is 3. The van der Waals surface area contributed by atoms with Crippen LogP contribution < -0.4 is 11.5 Å². The summed E-state index contributed by atoms with van der Waals surface area (Å²) in [5.41, 5.74) is 10.3. The highest BCUT2D eigenvalue weighted by atomic mass is 16.5. The molecular formula is C6H14N2O4. The Hall–Kier alpha value is -0.820. The van der Waals surface area contributed by atoms with Crippen LogP contribution in [-0.2, 0) is 0 Å². The van der Waals surface area contributed by atoms with Crippen molar-refractivity contribution < 1.29 is 20.4 Å². The first-order valence-corrected chi connectivity index (χ1v) is 3.32.